The minimum Gasteiger partial charge on any atom is -0.354 e. The van der Waals surface area contributed by atoms with Crippen LogP contribution in [0.4, 0.5) is 5.82 Å². The van der Waals surface area contributed by atoms with Gasteiger partial charge < -0.3 is 4.90 Å². The first kappa shape index (κ1) is 17.0. The molecule has 1 fully saturated rings. The van der Waals surface area contributed by atoms with Crippen molar-refractivity contribution in [3.63, 3.8) is 0 Å². The number of aryl methyl sites for hydroxylation is 1. The molecule has 0 radical (unpaired) electrons. The van der Waals surface area contributed by atoms with Gasteiger partial charge in [-0.05, 0) is 19.1 Å². The van der Waals surface area contributed by atoms with Crippen LogP contribution in [0.15, 0.2) is 30.5 Å². The molecule has 3 heterocycles. The maximum absolute atomic E-state index is 11.2. The molecular formula is C17H23N5OS. The molecule has 0 bridgehead atoms. The van der Waals surface area contributed by atoms with E-state index in [0.717, 1.165) is 55.7 Å². The van der Waals surface area contributed by atoms with Crippen molar-refractivity contribution in [3.8, 4) is 11.5 Å². The number of hydrogen-bond acceptors (Lipinski definition) is 6. The summed E-state index contributed by atoms with van der Waals surface area (Å²) in [6.07, 6.45) is 3.52. The Kier molecular flexibility index (Phi) is 5.52. The molecule has 1 aliphatic heterocycles. The van der Waals surface area contributed by atoms with Crippen molar-refractivity contribution in [3.05, 3.63) is 36.2 Å². The Balaban J connectivity index is 1.70. The molecule has 3 rings (SSSR count). The van der Waals surface area contributed by atoms with Crippen molar-refractivity contribution in [2.75, 3.05) is 49.6 Å². The second-order valence-corrected chi connectivity index (χ2v) is 7.57. The van der Waals surface area contributed by atoms with E-state index in [1.807, 2.05) is 31.2 Å². The normalized spacial score (nSPS) is 17.0. The lowest BCUT2D eigenvalue weighted by Gasteiger charge is -2.35. The SMILES string of the molecule is Cc1cc(N2CCN(CC[S@](C)=O)CC2)nc(-c2ccccn2)n1. The zero-order valence-electron chi connectivity index (χ0n) is 14.2. The van der Waals surface area contributed by atoms with E-state index in [0.29, 0.717) is 5.82 Å². The summed E-state index contributed by atoms with van der Waals surface area (Å²) in [7, 11) is -0.722. The topological polar surface area (TPSA) is 62.2 Å². The van der Waals surface area contributed by atoms with E-state index < -0.39 is 10.8 Å². The molecule has 1 aliphatic rings. The van der Waals surface area contributed by atoms with E-state index in [4.69, 9.17) is 4.98 Å². The van der Waals surface area contributed by atoms with Gasteiger partial charge >= 0.3 is 0 Å². The molecule has 0 spiro atoms. The molecule has 0 unspecified atom stereocenters. The van der Waals surface area contributed by atoms with Gasteiger partial charge in [0.05, 0.1) is 0 Å². The molecule has 128 valence electrons. The highest BCUT2D eigenvalue weighted by Gasteiger charge is 2.19. The maximum atomic E-state index is 11.2. The number of hydrogen-bond donors (Lipinski definition) is 0. The quantitative estimate of drug-likeness (QED) is 0.815. The molecular weight excluding hydrogens is 322 g/mol. The Morgan fingerprint density at radius 2 is 1.96 bits per heavy atom. The molecule has 1 atom stereocenters. The molecule has 0 aromatic carbocycles. The van der Waals surface area contributed by atoms with Gasteiger partial charge in [-0.3, -0.25) is 14.1 Å². The van der Waals surface area contributed by atoms with Crippen LogP contribution in [0.25, 0.3) is 11.5 Å². The van der Waals surface area contributed by atoms with Gasteiger partial charge in [-0.25, -0.2) is 9.97 Å². The first-order chi connectivity index (χ1) is 11.6. The van der Waals surface area contributed by atoms with Gasteiger partial charge in [0.1, 0.15) is 11.5 Å². The largest absolute Gasteiger partial charge is 0.354 e. The molecule has 2 aromatic heterocycles. The van der Waals surface area contributed by atoms with Crippen molar-refractivity contribution in [2.24, 2.45) is 0 Å². The van der Waals surface area contributed by atoms with Gasteiger partial charge in [0, 0.05) is 73.5 Å². The first-order valence-corrected chi connectivity index (χ1v) is 9.89. The fourth-order valence-electron chi connectivity index (χ4n) is 2.78. The van der Waals surface area contributed by atoms with Gasteiger partial charge in [-0.2, -0.15) is 0 Å². The van der Waals surface area contributed by atoms with Gasteiger partial charge in [0.25, 0.3) is 0 Å². The zero-order chi connectivity index (χ0) is 16.9. The Hall–Kier alpha value is -1.86. The van der Waals surface area contributed by atoms with E-state index in [1.54, 1.807) is 12.5 Å². The number of nitrogens with zero attached hydrogens (tertiary/aromatic N) is 5. The Bertz CT molecular complexity index is 701. The molecule has 24 heavy (non-hydrogen) atoms. The summed E-state index contributed by atoms with van der Waals surface area (Å²) in [6, 6.07) is 7.80. The standard InChI is InChI=1S/C17H23N5OS/c1-14-13-16(20-17(19-14)15-5-3-4-6-18-15)22-9-7-21(8-10-22)11-12-24(2)23/h3-6,13H,7-12H2,1-2H3/t24-/m0/s1. The summed E-state index contributed by atoms with van der Waals surface area (Å²) < 4.78 is 11.2. The molecule has 7 heteroatoms. The Labute approximate surface area is 145 Å². The summed E-state index contributed by atoms with van der Waals surface area (Å²) in [4.78, 5) is 18.2. The minimum atomic E-state index is -0.722. The number of rotatable bonds is 5. The van der Waals surface area contributed by atoms with Gasteiger partial charge in [-0.1, -0.05) is 6.07 Å². The summed E-state index contributed by atoms with van der Waals surface area (Å²) in [6.45, 7) is 6.69. The molecule has 0 saturated carbocycles. The molecule has 6 nitrogen and oxygen atoms in total. The van der Waals surface area contributed by atoms with Gasteiger partial charge in [0.15, 0.2) is 5.82 Å². The monoisotopic (exact) mass is 345 g/mol. The number of aromatic nitrogens is 3. The average Bonchev–Trinajstić information content (AvgIpc) is 2.60. The fraction of sp³-hybridized carbons (Fsp3) is 0.471. The second-order valence-electron chi connectivity index (χ2n) is 6.01. The van der Waals surface area contributed by atoms with Crippen LogP contribution in [0, 0.1) is 6.92 Å². The highest BCUT2D eigenvalue weighted by molar-refractivity contribution is 7.84. The number of piperazine rings is 1. The fourth-order valence-corrected chi connectivity index (χ4v) is 3.30. The summed E-state index contributed by atoms with van der Waals surface area (Å²) in [5.74, 6) is 2.38. The minimum absolute atomic E-state index is 0.675. The first-order valence-electron chi connectivity index (χ1n) is 8.16. The summed E-state index contributed by atoms with van der Waals surface area (Å²) >= 11 is 0. The molecule has 2 aromatic rings. The van der Waals surface area contributed by atoms with Gasteiger partial charge in [0.2, 0.25) is 0 Å². The van der Waals surface area contributed by atoms with E-state index in [9.17, 15) is 4.21 Å². The van der Waals surface area contributed by atoms with Crippen molar-refractivity contribution in [1.29, 1.82) is 0 Å². The van der Waals surface area contributed by atoms with Crippen LogP contribution in [-0.2, 0) is 10.8 Å². The lowest BCUT2D eigenvalue weighted by atomic mass is 10.2. The second kappa shape index (κ2) is 7.81. The molecule has 0 amide bonds. The van der Waals surface area contributed by atoms with Crippen molar-refractivity contribution < 1.29 is 4.21 Å². The van der Waals surface area contributed by atoms with Crippen molar-refractivity contribution >= 4 is 16.6 Å². The van der Waals surface area contributed by atoms with Crippen LogP contribution < -0.4 is 4.90 Å². The molecule has 0 aliphatic carbocycles. The van der Waals surface area contributed by atoms with Crippen LogP contribution >= 0.6 is 0 Å². The van der Waals surface area contributed by atoms with Crippen LogP contribution in [-0.4, -0.2) is 68.8 Å². The molecule has 1 saturated heterocycles. The van der Waals surface area contributed by atoms with Crippen LogP contribution in [0.2, 0.25) is 0 Å². The number of pyridine rings is 1. The predicted molar refractivity (Wildman–Crippen MR) is 97.6 cm³/mol. The third kappa shape index (κ3) is 4.36. The van der Waals surface area contributed by atoms with E-state index in [2.05, 4.69) is 19.8 Å². The predicted octanol–water partition coefficient (Wildman–Crippen LogP) is 1.35. The van der Waals surface area contributed by atoms with Crippen LogP contribution in [0.1, 0.15) is 5.69 Å². The zero-order valence-corrected chi connectivity index (χ0v) is 15.0. The van der Waals surface area contributed by atoms with Gasteiger partial charge in [-0.15, -0.1) is 0 Å². The lowest BCUT2D eigenvalue weighted by Crippen LogP contribution is -2.47. The smallest absolute Gasteiger partial charge is 0.180 e. The molecule has 0 N–H and O–H groups in total. The highest BCUT2D eigenvalue weighted by Crippen LogP contribution is 2.19. The number of anilines is 1. The average molecular weight is 345 g/mol. The lowest BCUT2D eigenvalue weighted by molar-refractivity contribution is 0.272. The Morgan fingerprint density at radius 3 is 2.62 bits per heavy atom. The van der Waals surface area contributed by atoms with Crippen LogP contribution in [0.3, 0.4) is 0 Å². The van der Waals surface area contributed by atoms with E-state index in [1.165, 1.54) is 0 Å². The third-order valence-electron chi connectivity index (χ3n) is 4.13. The van der Waals surface area contributed by atoms with Crippen molar-refractivity contribution in [2.45, 2.75) is 6.92 Å². The summed E-state index contributed by atoms with van der Waals surface area (Å²) in [5, 5.41) is 0. The van der Waals surface area contributed by atoms with E-state index >= 15 is 0 Å². The third-order valence-corrected chi connectivity index (χ3v) is 4.88. The van der Waals surface area contributed by atoms with Crippen LogP contribution in [0.5, 0.6) is 0 Å². The highest BCUT2D eigenvalue weighted by atomic mass is 32.2. The maximum Gasteiger partial charge on any atom is 0.180 e. The van der Waals surface area contributed by atoms with Crippen molar-refractivity contribution in [1.82, 2.24) is 19.9 Å². The van der Waals surface area contributed by atoms with E-state index in [-0.39, 0.29) is 0 Å². The Morgan fingerprint density at radius 1 is 1.17 bits per heavy atom. The summed E-state index contributed by atoms with van der Waals surface area (Å²) in [5.41, 5.74) is 1.75.